The zero-order chi connectivity index (χ0) is 11.4. The smallest absolute Gasteiger partial charge is 0.267 e. The van der Waals surface area contributed by atoms with Crippen molar-refractivity contribution in [3.8, 4) is 0 Å². The van der Waals surface area contributed by atoms with Gasteiger partial charge in [0.1, 0.15) is 0 Å². The third-order valence-corrected chi connectivity index (χ3v) is 3.92. The van der Waals surface area contributed by atoms with Crippen LogP contribution >= 0.6 is 11.8 Å². The van der Waals surface area contributed by atoms with Crippen LogP contribution < -0.4 is 5.56 Å². The molecule has 0 aliphatic carbocycles. The van der Waals surface area contributed by atoms with Crippen molar-refractivity contribution in [2.24, 2.45) is 0 Å². The number of hydrogen-bond donors (Lipinski definition) is 0. The van der Waals surface area contributed by atoms with Gasteiger partial charge in [0.05, 0.1) is 11.9 Å². The van der Waals surface area contributed by atoms with Gasteiger partial charge in [0.15, 0.2) is 5.65 Å². The number of benzene rings is 1. The van der Waals surface area contributed by atoms with Crippen LogP contribution in [0, 0.1) is 0 Å². The van der Waals surface area contributed by atoms with Crippen LogP contribution in [0.5, 0.6) is 0 Å². The molecule has 1 aliphatic rings. The fraction of sp³-hybridized carbons (Fsp3) is 0.182. The standard InChI is InChI=1S/C11H8N4OS/c16-10-8-4-2-1-3-7(8)9-12-13-11-15(9)14(10)5-6-17-11/h1-4H,5-6H2. The van der Waals surface area contributed by atoms with E-state index in [4.69, 9.17) is 0 Å². The van der Waals surface area contributed by atoms with Gasteiger partial charge in [-0.25, -0.2) is 9.20 Å². The Morgan fingerprint density at radius 2 is 2.00 bits per heavy atom. The second-order valence-corrected chi connectivity index (χ2v) is 5.00. The largest absolute Gasteiger partial charge is 0.273 e. The molecule has 0 N–H and O–H groups in total. The molecule has 5 nitrogen and oxygen atoms in total. The molecule has 0 fully saturated rings. The number of aryl methyl sites for hydroxylation is 1. The first kappa shape index (κ1) is 9.23. The fourth-order valence-corrected chi connectivity index (χ4v) is 3.11. The first-order valence-electron chi connectivity index (χ1n) is 5.36. The molecule has 0 atom stereocenters. The van der Waals surface area contributed by atoms with Crippen LogP contribution in [-0.2, 0) is 6.54 Å². The molecule has 0 saturated heterocycles. The number of nitrogens with zero attached hydrogens (tertiary/aromatic N) is 4. The van der Waals surface area contributed by atoms with Crippen molar-refractivity contribution in [2.45, 2.75) is 11.7 Å². The lowest BCUT2D eigenvalue weighted by atomic mass is 10.2. The van der Waals surface area contributed by atoms with E-state index in [0.29, 0.717) is 11.9 Å². The van der Waals surface area contributed by atoms with Crippen LogP contribution in [0.4, 0.5) is 0 Å². The van der Waals surface area contributed by atoms with Crippen molar-refractivity contribution in [3.05, 3.63) is 34.6 Å². The van der Waals surface area contributed by atoms with Crippen LogP contribution in [0.2, 0.25) is 0 Å². The summed E-state index contributed by atoms with van der Waals surface area (Å²) >= 11 is 1.63. The Hall–Kier alpha value is -1.82. The van der Waals surface area contributed by atoms with Gasteiger partial charge in [-0.2, -0.15) is 0 Å². The van der Waals surface area contributed by atoms with E-state index in [-0.39, 0.29) is 5.56 Å². The lowest BCUT2D eigenvalue weighted by Gasteiger charge is -2.15. The lowest BCUT2D eigenvalue weighted by molar-refractivity contribution is 0.541. The summed E-state index contributed by atoms with van der Waals surface area (Å²) < 4.78 is 3.56. The van der Waals surface area contributed by atoms with E-state index in [0.717, 1.165) is 21.9 Å². The molecular formula is C11H8N4OS. The van der Waals surface area contributed by atoms with Crippen LogP contribution in [0.3, 0.4) is 0 Å². The van der Waals surface area contributed by atoms with Crippen molar-refractivity contribution in [3.63, 3.8) is 0 Å². The third kappa shape index (κ3) is 1.08. The van der Waals surface area contributed by atoms with E-state index in [2.05, 4.69) is 10.2 Å². The van der Waals surface area contributed by atoms with Gasteiger partial charge in [-0.1, -0.05) is 30.0 Å². The highest BCUT2D eigenvalue weighted by molar-refractivity contribution is 7.99. The summed E-state index contributed by atoms with van der Waals surface area (Å²) in [6.07, 6.45) is 0. The summed E-state index contributed by atoms with van der Waals surface area (Å²) in [6.45, 7) is 0.704. The zero-order valence-electron chi connectivity index (χ0n) is 8.83. The molecule has 2 aromatic heterocycles. The van der Waals surface area contributed by atoms with Crippen LogP contribution in [0.15, 0.2) is 34.2 Å². The van der Waals surface area contributed by atoms with Crippen LogP contribution in [0.1, 0.15) is 0 Å². The fourth-order valence-electron chi connectivity index (χ4n) is 2.26. The minimum atomic E-state index is 0.0365. The minimum Gasteiger partial charge on any atom is -0.267 e. The van der Waals surface area contributed by atoms with Crippen molar-refractivity contribution in [1.82, 2.24) is 19.4 Å². The highest BCUT2D eigenvalue weighted by Crippen LogP contribution is 2.24. The average Bonchev–Trinajstić information content (AvgIpc) is 2.81. The molecule has 0 radical (unpaired) electrons. The first-order valence-corrected chi connectivity index (χ1v) is 6.34. The summed E-state index contributed by atoms with van der Waals surface area (Å²) in [4.78, 5) is 12.3. The van der Waals surface area contributed by atoms with E-state index >= 15 is 0 Å². The quantitative estimate of drug-likeness (QED) is 0.595. The molecule has 0 unspecified atom stereocenters. The molecule has 6 heteroatoms. The van der Waals surface area contributed by atoms with Gasteiger partial charge in [0.25, 0.3) is 5.56 Å². The van der Waals surface area contributed by atoms with E-state index < -0.39 is 0 Å². The summed E-state index contributed by atoms with van der Waals surface area (Å²) in [6, 6.07) is 7.56. The molecule has 17 heavy (non-hydrogen) atoms. The SMILES string of the molecule is O=c1c2ccccc2c2nnc3n2n1CCS3. The molecule has 3 aromatic rings. The van der Waals surface area contributed by atoms with Crippen molar-refractivity contribution < 1.29 is 0 Å². The topological polar surface area (TPSA) is 52.2 Å². The van der Waals surface area contributed by atoms with E-state index in [1.807, 2.05) is 28.8 Å². The van der Waals surface area contributed by atoms with Crippen LogP contribution in [-0.4, -0.2) is 25.1 Å². The van der Waals surface area contributed by atoms with Crippen molar-refractivity contribution in [1.29, 1.82) is 0 Å². The predicted molar refractivity (Wildman–Crippen MR) is 65.5 cm³/mol. The minimum absolute atomic E-state index is 0.0365. The van der Waals surface area contributed by atoms with Gasteiger partial charge in [-0.15, -0.1) is 10.2 Å². The van der Waals surface area contributed by atoms with E-state index in [1.54, 1.807) is 16.4 Å². The molecule has 0 bridgehead atoms. The Labute approximate surface area is 100 Å². The van der Waals surface area contributed by atoms with Gasteiger partial charge in [-0.05, 0) is 6.07 Å². The highest BCUT2D eigenvalue weighted by atomic mass is 32.2. The number of thioether (sulfide) groups is 1. The van der Waals surface area contributed by atoms with E-state index in [9.17, 15) is 4.79 Å². The second kappa shape index (κ2) is 3.10. The number of rotatable bonds is 0. The summed E-state index contributed by atoms with van der Waals surface area (Å²) in [5.41, 5.74) is 0.803. The molecular weight excluding hydrogens is 236 g/mol. The molecule has 84 valence electrons. The van der Waals surface area contributed by atoms with Gasteiger partial charge in [0.2, 0.25) is 5.16 Å². The van der Waals surface area contributed by atoms with Gasteiger partial charge in [-0.3, -0.25) is 4.79 Å². The maximum atomic E-state index is 12.3. The number of hydrogen-bond acceptors (Lipinski definition) is 4. The Morgan fingerprint density at radius 3 is 2.88 bits per heavy atom. The molecule has 1 aliphatic heterocycles. The molecule has 3 heterocycles. The molecule has 0 spiro atoms. The molecule has 0 amide bonds. The number of aromatic nitrogens is 4. The first-order chi connectivity index (χ1) is 8.36. The predicted octanol–water partition coefficient (Wildman–Crippen LogP) is 1.15. The highest BCUT2D eigenvalue weighted by Gasteiger charge is 2.19. The Morgan fingerprint density at radius 1 is 1.18 bits per heavy atom. The lowest BCUT2D eigenvalue weighted by Crippen LogP contribution is -2.30. The molecule has 4 rings (SSSR count). The van der Waals surface area contributed by atoms with Crippen molar-refractivity contribution in [2.75, 3.05) is 5.75 Å². The maximum absolute atomic E-state index is 12.3. The number of fused-ring (bicyclic) bond motifs is 2. The monoisotopic (exact) mass is 244 g/mol. The van der Waals surface area contributed by atoms with Crippen LogP contribution in [0.25, 0.3) is 16.4 Å². The maximum Gasteiger partial charge on any atom is 0.273 e. The van der Waals surface area contributed by atoms with Gasteiger partial charge in [0, 0.05) is 11.1 Å². The summed E-state index contributed by atoms with van der Waals surface area (Å²) in [5.74, 6) is 0.867. The van der Waals surface area contributed by atoms with E-state index in [1.165, 1.54) is 0 Å². The average molecular weight is 244 g/mol. The molecule has 1 aromatic carbocycles. The van der Waals surface area contributed by atoms with Crippen molar-refractivity contribution >= 4 is 28.2 Å². The summed E-state index contributed by atoms with van der Waals surface area (Å²) in [5, 5.41) is 10.7. The second-order valence-electron chi connectivity index (χ2n) is 3.94. The summed E-state index contributed by atoms with van der Waals surface area (Å²) in [7, 11) is 0. The molecule has 0 saturated carbocycles. The third-order valence-electron chi connectivity index (χ3n) is 3.02. The Bertz CT molecular complexity index is 804. The van der Waals surface area contributed by atoms with Gasteiger partial charge < -0.3 is 0 Å². The van der Waals surface area contributed by atoms with Gasteiger partial charge >= 0.3 is 0 Å². The Kier molecular flexibility index (Phi) is 1.69. The Balaban J connectivity index is 2.39. The normalized spacial score (nSPS) is 14.6. The zero-order valence-corrected chi connectivity index (χ0v) is 9.65.